The molecule has 0 aliphatic rings. The van der Waals surface area contributed by atoms with E-state index in [1.165, 1.54) is 0 Å². The lowest BCUT2D eigenvalue weighted by atomic mass is 10.1. The van der Waals surface area contributed by atoms with Gasteiger partial charge in [0.25, 0.3) is 6.43 Å². The standard InChI is InChI=1S/C13H17F2NO/c1-11(12-5-3-2-4-6-12)9-16-7-8-17-10-13(14)15/h2-6,13,16H,1,7-10H2. The Labute approximate surface area is 100 Å². The highest BCUT2D eigenvalue weighted by Gasteiger charge is 2.01. The Balaban J connectivity index is 2.09. The van der Waals surface area contributed by atoms with Gasteiger partial charge in [0, 0.05) is 13.1 Å². The number of nitrogens with one attached hydrogen (secondary N) is 1. The Morgan fingerprint density at radius 2 is 2.00 bits per heavy atom. The minimum absolute atomic E-state index is 0.284. The summed E-state index contributed by atoms with van der Waals surface area (Å²) in [6, 6.07) is 9.82. The average molecular weight is 241 g/mol. The van der Waals surface area contributed by atoms with Gasteiger partial charge in [-0.05, 0) is 11.1 Å². The van der Waals surface area contributed by atoms with Crippen molar-refractivity contribution in [2.24, 2.45) is 0 Å². The molecule has 0 heterocycles. The lowest BCUT2D eigenvalue weighted by Gasteiger charge is -2.08. The van der Waals surface area contributed by atoms with Gasteiger partial charge in [0.2, 0.25) is 0 Å². The fourth-order valence-corrected chi connectivity index (χ4v) is 1.33. The molecule has 0 bridgehead atoms. The van der Waals surface area contributed by atoms with Crippen LogP contribution in [0.1, 0.15) is 5.56 Å². The molecule has 0 radical (unpaired) electrons. The van der Waals surface area contributed by atoms with Gasteiger partial charge in [-0.1, -0.05) is 36.9 Å². The van der Waals surface area contributed by atoms with Crippen LogP contribution in [-0.2, 0) is 4.74 Å². The second kappa shape index (κ2) is 7.92. The summed E-state index contributed by atoms with van der Waals surface area (Å²) in [5.74, 6) is 0. The SMILES string of the molecule is C=C(CNCCOCC(F)F)c1ccccc1. The summed E-state index contributed by atoms with van der Waals surface area (Å²) in [5.41, 5.74) is 2.05. The van der Waals surface area contributed by atoms with Crippen LogP contribution >= 0.6 is 0 Å². The van der Waals surface area contributed by atoms with E-state index >= 15 is 0 Å². The van der Waals surface area contributed by atoms with Gasteiger partial charge >= 0.3 is 0 Å². The molecule has 1 rings (SSSR count). The van der Waals surface area contributed by atoms with Gasteiger partial charge < -0.3 is 10.1 Å². The van der Waals surface area contributed by atoms with Crippen molar-refractivity contribution in [1.29, 1.82) is 0 Å². The molecule has 1 N–H and O–H groups in total. The molecule has 1 aromatic rings. The Morgan fingerprint density at radius 1 is 1.29 bits per heavy atom. The molecular formula is C13H17F2NO. The van der Waals surface area contributed by atoms with Gasteiger partial charge in [0.15, 0.2) is 0 Å². The Bertz CT molecular complexity index is 327. The Kier molecular flexibility index (Phi) is 6.43. The zero-order chi connectivity index (χ0) is 12.5. The van der Waals surface area contributed by atoms with Crippen molar-refractivity contribution in [3.05, 3.63) is 42.5 Å². The van der Waals surface area contributed by atoms with Crippen molar-refractivity contribution >= 4 is 5.57 Å². The van der Waals surface area contributed by atoms with E-state index in [2.05, 4.69) is 11.9 Å². The van der Waals surface area contributed by atoms with Crippen LogP contribution in [0, 0.1) is 0 Å². The first-order valence-corrected chi connectivity index (χ1v) is 5.50. The maximum absolute atomic E-state index is 11.7. The predicted octanol–water partition coefficient (Wildman–Crippen LogP) is 2.57. The molecule has 0 aliphatic carbocycles. The second-order valence-electron chi connectivity index (χ2n) is 3.61. The molecule has 94 valence electrons. The monoisotopic (exact) mass is 241 g/mol. The largest absolute Gasteiger partial charge is 0.374 e. The van der Waals surface area contributed by atoms with Crippen LogP contribution in [0.15, 0.2) is 36.9 Å². The fourth-order valence-electron chi connectivity index (χ4n) is 1.33. The third-order valence-electron chi connectivity index (χ3n) is 2.19. The molecule has 0 atom stereocenters. The van der Waals surface area contributed by atoms with Crippen LogP contribution < -0.4 is 5.32 Å². The average Bonchev–Trinajstić information content (AvgIpc) is 2.34. The summed E-state index contributed by atoms with van der Waals surface area (Å²) in [7, 11) is 0. The van der Waals surface area contributed by atoms with Crippen LogP contribution in [-0.4, -0.2) is 32.7 Å². The third kappa shape index (κ3) is 6.14. The summed E-state index contributed by atoms with van der Waals surface area (Å²) in [6.45, 7) is 4.90. The van der Waals surface area contributed by atoms with E-state index in [9.17, 15) is 8.78 Å². The van der Waals surface area contributed by atoms with Crippen LogP contribution in [0.3, 0.4) is 0 Å². The number of alkyl halides is 2. The molecule has 0 saturated carbocycles. The fraction of sp³-hybridized carbons (Fsp3) is 0.385. The van der Waals surface area contributed by atoms with E-state index in [1.807, 2.05) is 30.3 Å². The first-order chi connectivity index (χ1) is 8.20. The summed E-state index contributed by atoms with van der Waals surface area (Å²) in [5, 5.41) is 3.09. The van der Waals surface area contributed by atoms with Crippen LogP contribution in [0.4, 0.5) is 8.78 Å². The molecule has 0 aromatic heterocycles. The molecule has 1 aromatic carbocycles. The van der Waals surface area contributed by atoms with Gasteiger partial charge in [0.05, 0.1) is 6.61 Å². The molecule has 0 amide bonds. The summed E-state index contributed by atoms with van der Waals surface area (Å²) < 4.78 is 28.2. The number of ether oxygens (including phenoxy) is 1. The first-order valence-electron chi connectivity index (χ1n) is 5.50. The predicted molar refractivity (Wildman–Crippen MR) is 65.2 cm³/mol. The Morgan fingerprint density at radius 3 is 2.65 bits per heavy atom. The van der Waals surface area contributed by atoms with E-state index in [0.29, 0.717) is 13.1 Å². The van der Waals surface area contributed by atoms with Crippen molar-refractivity contribution in [2.75, 3.05) is 26.3 Å². The van der Waals surface area contributed by atoms with Crippen molar-refractivity contribution in [1.82, 2.24) is 5.32 Å². The normalized spacial score (nSPS) is 10.8. The topological polar surface area (TPSA) is 21.3 Å². The molecule has 0 fully saturated rings. The number of hydrogen-bond donors (Lipinski definition) is 1. The van der Waals surface area contributed by atoms with Crippen molar-refractivity contribution in [3.63, 3.8) is 0 Å². The highest BCUT2D eigenvalue weighted by atomic mass is 19.3. The van der Waals surface area contributed by atoms with Crippen molar-refractivity contribution < 1.29 is 13.5 Å². The van der Waals surface area contributed by atoms with Crippen molar-refractivity contribution in [3.8, 4) is 0 Å². The summed E-state index contributed by atoms with van der Waals surface area (Å²) in [4.78, 5) is 0. The molecule has 0 spiro atoms. The summed E-state index contributed by atoms with van der Waals surface area (Å²) >= 11 is 0. The van der Waals surface area contributed by atoms with E-state index in [0.717, 1.165) is 11.1 Å². The maximum atomic E-state index is 11.7. The molecule has 0 aliphatic heterocycles. The number of benzene rings is 1. The van der Waals surface area contributed by atoms with Gasteiger partial charge in [0.1, 0.15) is 6.61 Å². The number of halogens is 2. The zero-order valence-electron chi connectivity index (χ0n) is 9.66. The van der Waals surface area contributed by atoms with Gasteiger partial charge in [-0.25, -0.2) is 8.78 Å². The quantitative estimate of drug-likeness (QED) is 0.706. The van der Waals surface area contributed by atoms with E-state index in [-0.39, 0.29) is 6.61 Å². The molecule has 2 nitrogen and oxygen atoms in total. The molecule has 0 saturated heterocycles. The highest BCUT2D eigenvalue weighted by molar-refractivity contribution is 5.64. The van der Waals surface area contributed by atoms with Crippen LogP contribution in [0.25, 0.3) is 5.57 Å². The van der Waals surface area contributed by atoms with E-state index in [4.69, 9.17) is 4.74 Å². The van der Waals surface area contributed by atoms with Gasteiger partial charge in [-0.3, -0.25) is 0 Å². The second-order valence-corrected chi connectivity index (χ2v) is 3.61. The minimum Gasteiger partial charge on any atom is -0.374 e. The third-order valence-corrected chi connectivity index (χ3v) is 2.19. The summed E-state index contributed by atoms with van der Waals surface area (Å²) in [6.07, 6.45) is -2.39. The molecular weight excluding hydrogens is 224 g/mol. The molecule has 17 heavy (non-hydrogen) atoms. The number of rotatable bonds is 8. The first kappa shape index (κ1) is 13.8. The number of hydrogen-bond acceptors (Lipinski definition) is 2. The van der Waals surface area contributed by atoms with E-state index < -0.39 is 13.0 Å². The highest BCUT2D eigenvalue weighted by Crippen LogP contribution is 2.09. The lowest BCUT2D eigenvalue weighted by molar-refractivity contribution is 0.0190. The lowest BCUT2D eigenvalue weighted by Crippen LogP contribution is -2.22. The Hall–Kier alpha value is -1.26. The minimum atomic E-state index is -2.39. The smallest absolute Gasteiger partial charge is 0.261 e. The van der Waals surface area contributed by atoms with Crippen LogP contribution in [0.5, 0.6) is 0 Å². The van der Waals surface area contributed by atoms with E-state index in [1.54, 1.807) is 0 Å². The zero-order valence-corrected chi connectivity index (χ0v) is 9.66. The maximum Gasteiger partial charge on any atom is 0.261 e. The van der Waals surface area contributed by atoms with Crippen LogP contribution in [0.2, 0.25) is 0 Å². The molecule has 4 heteroatoms. The van der Waals surface area contributed by atoms with Crippen molar-refractivity contribution in [2.45, 2.75) is 6.43 Å². The molecule has 0 unspecified atom stereocenters. The van der Waals surface area contributed by atoms with Gasteiger partial charge in [-0.15, -0.1) is 0 Å². The van der Waals surface area contributed by atoms with Gasteiger partial charge in [-0.2, -0.15) is 0 Å².